The highest BCUT2D eigenvalue weighted by atomic mass is 16.6. The number of nitrogens with one attached hydrogen (secondary N) is 1. The lowest BCUT2D eigenvalue weighted by Crippen LogP contribution is -2.40. The second-order valence-corrected chi connectivity index (χ2v) is 6.53. The van der Waals surface area contributed by atoms with E-state index in [4.69, 9.17) is 10.00 Å². The number of nitrogens with zero attached hydrogens (tertiary/aromatic N) is 2. The van der Waals surface area contributed by atoms with Crippen molar-refractivity contribution < 1.29 is 14.3 Å². The van der Waals surface area contributed by atoms with Gasteiger partial charge in [-0.2, -0.15) is 5.26 Å². The van der Waals surface area contributed by atoms with Crippen molar-refractivity contribution in [3.05, 3.63) is 53.6 Å². The third kappa shape index (κ3) is 2.68. The van der Waals surface area contributed by atoms with Crippen LogP contribution in [0.1, 0.15) is 18.1 Å². The van der Waals surface area contributed by atoms with Crippen molar-refractivity contribution in [1.29, 1.82) is 5.26 Å². The smallest absolute Gasteiger partial charge is 0.415 e. The molecule has 0 bridgehead atoms. The molecule has 1 fully saturated rings. The second-order valence-electron chi connectivity index (χ2n) is 6.53. The van der Waals surface area contributed by atoms with E-state index in [0.29, 0.717) is 18.5 Å². The van der Waals surface area contributed by atoms with Gasteiger partial charge in [0.05, 0.1) is 29.9 Å². The van der Waals surface area contributed by atoms with E-state index in [2.05, 4.69) is 17.5 Å². The number of carbonyl (C=O) groups excluding carboxylic acids is 2. The van der Waals surface area contributed by atoms with Gasteiger partial charge in [-0.05, 0) is 47.4 Å². The van der Waals surface area contributed by atoms with Crippen LogP contribution in [0, 0.1) is 11.3 Å². The number of hydrogen-bond acceptors (Lipinski definition) is 4. The molecule has 2 aliphatic rings. The van der Waals surface area contributed by atoms with Gasteiger partial charge < -0.3 is 10.1 Å². The molecular formula is C20H17N3O3. The summed E-state index contributed by atoms with van der Waals surface area (Å²) in [6, 6.07) is 15.4. The maximum Gasteiger partial charge on any atom is 0.415 e. The van der Waals surface area contributed by atoms with Gasteiger partial charge >= 0.3 is 6.09 Å². The summed E-state index contributed by atoms with van der Waals surface area (Å²) in [6.45, 7) is 1.76. The van der Waals surface area contributed by atoms with Crippen LogP contribution in [-0.2, 0) is 16.0 Å². The Balaban J connectivity index is 1.60. The summed E-state index contributed by atoms with van der Waals surface area (Å²) in [6.07, 6.45) is -0.0255. The third-order valence-corrected chi connectivity index (χ3v) is 4.88. The first kappa shape index (κ1) is 16.2. The molecule has 0 aliphatic carbocycles. The minimum absolute atomic E-state index is 0.0967. The molecular weight excluding hydrogens is 330 g/mol. The van der Waals surface area contributed by atoms with E-state index in [1.807, 2.05) is 24.3 Å². The number of carbonyl (C=O) groups is 2. The lowest BCUT2D eigenvalue weighted by atomic mass is 9.99. The first-order valence-electron chi connectivity index (χ1n) is 8.44. The van der Waals surface area contributed by atoms with Crippen molar-refractivity contribution in [3.63, 3.8) is 0 Å². The molecule has 2 aliphatic heterocycles. The Labute approximate surface area is 151 Å². The Hall–Kier alpha value is -3.33. The molecule has 2 aromatic carbocycles. The zero-order valence-electron chi connectivity index (χ0n) is 14.2. The second kappa shape index (κ2) is 6.19. The molecule has 1 saturated heterocycles. The average Bonchev–Trinajstić information content (AvgIpc) is 3.17. The summed E-state index contributed by atoms with van der Waals surface area (Å²) in [4.78, 5) is 25.1. The van der Waals surface area contributed by atoms with Crippen LogP contribution in [0.5, 0.6) is 0 Å². The van der Waals surface area contributed by atoms with Crippen LogP contribution in [0.3, 0.4) is 0 Å². The van der Waals surface area contributed by atoms with Gasteiger partial charge in [0.25, 0.3) is 0 Å². The first-order chi connectivity index (χ1) is 12.6. The minimum atomic E-state index is -0.366. The van der Waals surface area contributed by atoms with E-state index in [-0.39, 0.29) is 24.1 Å². The molecule has 1 N–H and O–H groups in total. The number of rotatable bonds is 3. The van der Waals surface area contributed by atoms with Gasteiger partial charge in [-0.3, -0.25) is 9.69 Å². The van der Waals surface area contributed by atoms with Gasteiger partial charge in [-0.15, -0.1) is 0 Å². The van der Waals surface area contributed by atoms with E-state index in [9.17, 15) is 9.59 Å². The fraction of sp³-hybridized carbons (Fsp3) is 0.250. The van der Waals surface area contributed by atoms with E-state index in [0.717, 1.165) is 22.4 Å². The quantitative estimate of drug-likeness (QED) is 0.925. The molecule has 26 heavy (non-hydrogen) atoms. The molecule has 2 aromatic rings. The summed E-state index contributed by atoms with van der Waals surface area (Å²) in [5.41, 5.74) is 4.64. The Kier molecular flexibility index (Phi) is 3.85. The summed E-state index contributed by atoms with van der Waals surface area (Å²) < 4.78 is 5.42. The summed E-state index contributed by atoms with van der Waals surface area (Å²) in [7, 11) is 0. The van der Waals surface area contributed by atoms with Crippen LogP contribution in [0.2, 0.25) is 0 Å². The molecule has 130 valence electrons. The topological polar surface area (TPSA) is 82.4 Å². The number of nitriles is 1. The highest BCUT2D eigenvalue weighted by molar-refractivity contribution is 5.94. The van der Waals surface area contributed by atoms with Crippen LogP contribution in [0.25, 0.3) is 11.1 Å². The summed E-state index contributed by atoms with van der Waals surface area (Å²) in [5, 5.41) is 11.6. The van der Waals surface area contributed by atoms with E-state index in [1.54, 1.807) is 17.0 Å². The Morgan fingerprint density at radius 1 is 1.27 bits per heavy atom. The van der Waals surface area contributed by atoms with Gasteiger partial charge in [-0.1, -0.05) is 18.2 Å². The first-order valence-corrected chi connectivity index (χ1v) is 8.44. The van der Waals surface area contributed by atoms with Crippen molar-refractivity contribution in [2.45, 2.75) is 25.5 Å². The normalized spacial score (nSPS) is 20.2. The molecule has 2 heterocycles. The van der Waals surface area contributed by atoms with Crippen LogP contribution < -0.4 is 10.2 Å². The molecule has 0 radical (unpaired) electrons. The molecule has 0 unspecified atom stereocenters. The van der Waals surface area contributed by atoms with Crippen molar-refractivity contribution in [1.82, 2.24) is 5.32 Å². The van der Waals surface area contributed by atoms with Crippen LogP contribution in [0.15, 0.2) is 42.5 Å². The molecule has 4 rings (SSSR count). The van der Waals surface area contributed by atoms with Gasteiger partial charge in [0.15, 0.2) is 0 Å². The molecule has 2 atom stereocenters. The number of cyclic esters (lactones) is 1. The molecule has 0 spiro atoms. The van der Waals surface area contributed by atoms with Gasteiger partial charge in [0.1, 0.15) is 6.10 Å². The van der Waals surface area contributed by atoms with Gasteiger partial charge in [0, 0.05) is 6.92 Å². The van der Waals surface area contributed by atoms with Crippen molar-refractivity contribution in [3.8, 4) is 17.2 Å². The standard InChI is InChI=1S/C20H17N3O3/c1-12(24)22-11-19-18-9-16-8-15(14-4-2-13(10-21)3-5-14)6-7-17(16)23(18)20(25)26-19/h2-8,18-19H,9,11H2,1H3,(H,22,24)/t18-,19-/m0/s1. The number of ether oxygens (including phenoxy) is 1. The highest BCUT2D eigenvalue weighted by Gasteiger charge is 2.47. The maximum atomic E-state index is 12.3. The Morgan fingerprint density at radius 3 is 2.69 bits per heavy atom. The molecule has 6 heteroatoms. The predicted molar refractivity (Wildman–Crippen MR) is 95.5 cm³/mol. The fourth-order valence-electron chi connectivity index (χ4n) is 3.61. The number of anilines is 1. The fourth-order valence-corrected chi connectivity index (χ4v) is 3.61. The van der Waals surface area contributed by atoms with Crippen molar-refractivity contribution in [2.75, 3.05) is 11.4 Å². The van der Waals surface area contributed by atoms with Gasteiger partial charge in [-0.25, -0.2) is 4.79 Å². The lowest BCUT2D eigenvalue weighted by Gasteiger charge is -2.16. The number of amides is 2. The number of hydrogen-bond donors (Lipinski definition) is 1. The average molecular weight is 347 g/mol. The molecule has 2 amide bonds. The SMILES string of the molecule is CC(=O)NC[C@@H]1OC(=O)N2c3ccc(-c4ccc(C#N)cc4)cc3C[C@@H]12. The van der Waals surface area contributed by atoms with E-state index < -0.39 is 0 Å². The van der Waals surface area contributed by atoms with Crippen LogP contribution >= 0.6 is 0 Å². The summed E-state index contributed by atoms with van der Waals surface area (Å²) >= 11 is 0. The number of fused-ring (bicyclic) bond motifs is 3. The summed E-state index contributed by atoms with van der Waals surface area (Å²) in [5.74, 6) is -0.141. The molecule has 0 saturated carbocycles. The van der Waals surface area contributed by atoms with E-state index in [1.165, 1.54) is 6.92 Å². The zero-order valence-corrected chi connectivity index (χ0v) is 14.2. The van der Waals surface area contributed by atoms with Crippen molar-refractivity contribution in [2.24, 2.45) is 0 Å². The molecule has 0 aromatic heterocycles. The van der Waals surface area contributed by atoms with E-state index >= 15 is 0 Å². The maximum absolute atomic E-state index is 12.3. The Bertz CT molecular complexity index is 930. The third-order valence-electron chi connectivity index (χ3n) is 4.88. The zero-order chi connectivity index (χ0) is 18.3. The Morgan fingerprint density at radius 2 is 2.00 bits per heavy atom. The monoisotopic (exact) mass is 347 g/mol. The lowest BCUT2D eigenvalue weighted by molar-refractivity contribution is -0.119. The highest BCUT2D eigenvalue weighted by Crippen LogP contribution is 2.40. The number of benzene rings is 2. The van der Waals surface area contributed by atoms with Crippen LogP contribution in [0.4, 0.5) is 10.5 Å². The molecule has 6 nitrogen and oxygen atoms in total. The largest absolute Gasteiger partial charge is 0.442 e. The van der Waals surface area contributed by atoms with Crippen molar-refractivity contribution >= 4 is 17.7 Å². The minimum Gasteiger partial charge on any atom is -0.442 e. The van der Waals surface area contributed by atoms with Gasteiger partial charge in [0.2, 0.25) is 5.91 Å². The van der Waals surface area contributed by atoms with Crippen LogP contribution in [-0.4, -0.2) is 30.7 Å². The predicted octanol–water partition coefficient (Wildman–Crippen LogP) is 2.61.